The zero-order valence-corrected chi connectivity index (χ0v) is 10.8. The van der Waals surface area contributed by atoms with Gasteiger partial charge in [-0.05, 0) is 0 Å². The Bertz CT molecular complexity index is 369. The molecular weight excluding hydrogens is 260 g/mol. The largest absolute Gasteiger partial charge is 0.347 e. The number of amides is 2. The van der Waals surface area contributed by atoms with Gasteiger partial charge in [0.05, 0.1) is 6.54 Å². The molecule has 0 rings (SSSR count). The lowest BCUT2D eigenvalue weighted by Gasteiger charge is -2.15. The highest BCUT2D eigenvalue weighted by atomic mass is 32.2. The van der Waals surface area contributed by atoms with E-state index in [0.717, 1.165) is 11.8 Å². The second-order valence-corrected chi connectivity index (χ2v) is 4.55. The molecule has 0 aliphatic heterocycles. The van der Waals surface area contributed by atoms with Gasteiger partial charge in [-0.3, -0.25) is 24.0 Å². The molecule has 0 aliphatic carbocycles. The molecule has 0 saturated carbocycles. The summed E-state index contributed by atoms with van der Waals surface area (Å²) in [5.41, 5.74) is 0. The molecule has 0 saturated heterocycles. The number of rotatable bonds is 7. The van der Waals surface area contributed by atoms with Gasteiger partial charge < -0.3 is 10.6 Å². The normalized spacial score (nSPS) is 11.2. The van der Waals surface area contributed by atoms with Gasteiger partial charge >= 0.3 is 0 Å². The van der Waals surface area contributed by atoms with Crippen LogP contribution in [0, 0.1) is 0 Å². The van der Waals surface area contributed by atoms with Crippen molar-refractivity contribution < 1.29 is 24.0 Å². The first kappa shape index (κ1) is 16.3. The van der Waals surface area contributed by atoms with E-state index in [2.05, 4.69) is 10.6 Å². The van der Waals surface area contributed by atoms with Gasteiger partial charge in [0.25, 0.3) is 0 Å². The fraction of sp³-hybridized carbons (Fsp3) is 0.500. The first-order valence-electron chi connectivity index (χ1n) is 5.03. The van der Waals surface area contributed by atoms with Crippen molar-refractivity contribution in [3.63, 3.8) is 0 Å². The fourth-order valence-corrected chi connectivity index (χ4v) is 1.60. The van der Waals surface area contributed by atoms with Crippen LogP contribution in [0.25, 0.3) is 0 Å². The zero-order valence-electron chi connectivity index (χ0n) is 10.0. The van der Waals surface area contributed by atoms with E-state index in [-0.39, 0.29) is 17.2 Å². The molecule has 0 aromatic heterocycles. The molecule has 0 bridgehead atoms. The molecular formula is C10H14N2O5S. The van der Waals surface area contributed by atoms with Crippen LogP contribution >= 0.6 is 11.8 Å². The van der Waals surface area contributed by atoms with E-state index < -0.39 is 30.2 Å². The second kappa shape index (κ2) is 8.40. The van der Waals surface area contributed by atoms with Gasteiger partial charge in [0, 0.05) is 19.6 Å². The standard InChI is InChI=1S/C10H14N2O5S/c1-6(14)12-9(5-18-7(2)15)10(17)11-3-8(16)4-13/h4,9H,3,5H2,1-2H3,(H,11,17)(H,12,14)/t9-/m0/s1. The Morgan fingerprint density at radius 1 is 1.22 bits per heavy atom. The van der Waals surface area contributed by atoms with Crippen LogP contribution < -0.4 is 10.6 Å². The van der Waals surface area contributed by atoms with Crippen LogP contribution in [-0.2, 0) is 24.0 Å². The minimum absolute atomic E-state index is 0.0655. The molecule has 2 N–H and O–H groups in total. The Labute approximate surface area is 108 Å². The first-order valence-corrected chi connectivity index (χ1v) is 6.01. The quantitative estimate of drug-likeness (QED) is 0.439. The first-order chi connectivity index (χ1) is 8.36. The van der Waals surface area contributed by atoms with E-state index in [1.165, 1.54) is 13.8 Å². The zero-order chi connectivity index (χ0) is 14.1. The number of thioether (sulfide) groups is 1. The maximum absolute atomic E-state index is 11.6. The summed E-state index contributed by atoms with van der Waals surface area (Å²) in [5, 5.41) is 4.36. The monoisotopic (exact) mass is 274 g/mol. The van der Waals surface area contributed by atoms with Gasteiger partial charge in [-0.1, -0.05) is 11.8 Å². The highest BCUT2D eigenvalue weighted by Gasteiger charge is 2.20. The lowest BCUT2D eigenvalue weighted by atomic mass is 10.3. The highest BCUT2D eigenvalue weighted by Crippen LogP contribution is 2.04. The molecule has 2 amide bonds. The Kier molecular flexibility index (Phi) is 7.61. The number of carbonyl (C=O) groups is 5. The van der Waals surface area contributed by atoms with Crippen molar-refractivity contribution in [2.75, 3.05) is 12.3 Å². The topological polar surface area (TPSA) is 109 Å². The Hall–Kier alpha value is -1.70. The summed E-state index contributed by atoms with van der Waals surface area (Å²) < 4.78 is 0. The predicted molar refractivity (Wildman–Crippen MR) is 64.8 cm³/mol. The smallest absolute Gasteiger partial charge is 0.243 e. The minimum Gasteiger partial charge on any atom is -0.347 e. The lowest BCUT2D eigenvalue weighted by Crippen LogP contribution is -2.48. The van der Waals surface area contributed by atoms with E-state index >= 15 is 0 Å². The van der Waals surface area contributed by atoms with Gasteiger partial charge in [-0.15, -0.1) is 0 Å². The van der Waals surface area contributed by atoms with Gasteiger partial charge in [-0.2, -0.15) is 0 Å². The molecule has 0 fully saturated rings. The van der Waals surface area contributed by atoms with Crippen LogP contribution in [-0.4, -0.2) is 47.3 Å². The van der Waals surface area contributed by atoms with Crippen molar-refractivity contribution in [1.29, 1.82) is 0 Å². The summed E-state index contributed by atoms with van der Waals surface area (Å²) in [5.74, 6) is -1.75. The Morgan fingerprint density at radius 2 is 1.83 bits per heavy atom. The van der Waals surface area contributed by atoms with Crippen LogP contribution in [0.3, 0.4) is 0 Å². The van der Waals surface area contributed by atoms with Crippen molar-refractivity contribution in [3.8, 4) is 0 Å². The van der Waals surface area contributed by atoms with Crippen molar-refractivity contribution in [2.45, 2.75) is 19.9 Å². The number of nitrogens with one attached hydrogen (secondary N) is 2. The van der Waals surface area contributed by atoms with E-state index in [1.807, 2.05) is 0 Å². The summed E-state index contributed by atoms with van der Waals surface area (Å²) in [6, 6.07) is -0.921. The van der Waals surface area contributed by atoms with Crippen LogP contribution in [0.2, 0.25) is 0 Å². The van der Waals surface area contributed by atoms with Crippen molar-refractivity contribution in [1.82, 2.24) is 10.6 Å². The number of carbonyl (C=O) groups excluding carboxylic acids is 5. The third kappa shape index (κ3) is 7.55. The third-order valence-electron chi connectivity index (χ3n) is 1.72. The molecule has 0 radical (unpaired) electrons. The number of hydrogen-bond acceptors (Lipinski definition) is 6. The molecule has 100 valence electrons. The maximum Gasteiger partial charge on any atom is 0.243 e. The van der Waals surface area contributed by atoms with Gasteiger partial charge in [0.1, 0.15) is 6.04 Å². The highest BCUT2D eigenvalue weighted by molar-refractivity contribution is 8.13. The lowest BCUT2D eigenvalue weighted by molar-refractivity contribution is -0.131. The molecule has 0 heterocycles. The van der Waals surface area contributed by atoms with Gasteiger partial charge in [0.15, 0.2) is 11.4 Å². The number of aldehydes is 1. The van der Waals surface area contributed by atoms with Crippen molar-refractivity contribution >= 4 is 40.8 Å². The summed E-state index contributed by atoms with van der Waals surface area (Å²) >= 11 is 0.881. The summed E-state index contributed by atoms with van der Waals surface area (Å²) in [6.07, 6.45) is 0.0952. The molecule has 1 atom stereocenters. The molecule has 18 heavy (non-hydrogen) atoms. The fourth-order valence-electron chi connectivity index (χ4n) is 0.968. The molecule has 0 unspecified atom stereocenters. The van der Waals surface area contributed by atoms with Gasteiger partial charge in [-0.25, -0.2) is 0 Å². The average molecular weight is 274 g/mol. The minimum atomic E-state index is -0.921. The van der Waals surface area contributed by atoms with E-state index in [1.54, 1.807) is 0 Å². The summed E-state index contributed by atoms with van der Waals surface area (Å²) in [4.78, 5) is 54.0. The van der Waals surface area contributed by atoms with E-state index in [9.17, 15) is 24.0 Å². The van der Waals surface area contributed by atoms with Crippen LogP contribution in [0.5, 0.6) is 0 Å². The van der Waals surface area contributed by atoms with Crippen molar-refractivity contribution in [3.05, 3.63) is 0 Å². The predicted octanol–water partition coefficient (Wildman–Crippen LogP) is -1.34. The maximum atomic E-state index is 11.6. The second-order valence-electron chi connectivity index (χ2n) is 3.36. The Balaban J connectivity index is 4.38. The number of hydrogen-bond donors (Lipinski definition) is 2. The molecule has 7 nitrogen and oxygen atoms in total. The number of Topliss-reactive ketones (excluding diaryl/α,β-unsaturated/α-hetero) is 1. The molecule has 8 heteroatoms. The Morgan fingerprint density at radius 3 is 2.28 bits per heavy atom. The molecule has 0 aromatic rings. The van der Waals surface area contributed by atoms with Gasteiger partial charge in [0.2, 0.25) is 17.6 Å². The van der Waals surface area contributed by atoms with Crippen LogP contribution in [0.15, 0.2) is 0 Å². The summed E-state index contributed by atoms with van der Waals surface area (Å²) in [7, 11) is 0. The molecule has 0 aliphatic rings. The number of ketones is 1. The molecule has 0 aromatic carbocycles. The van der Waals surface area contributed by atoms with Crippen molar-refractivity contribution in [2.24, 2.45) is 0 Å². The molecule has 0 spiro atoms. The third-order valence-corrected chi connectivity index (χ3v) is 2.62. The SMILES string of the molecule is CC(=O)N[C@@H](CSC(C)=O)C(=O)NCC(=O)C=O. The average Bonchev–Trinajstić information content (AvgIpc) is 2.30. The van der Waals surface area contributed by atoms with Crippen LogP contribution in [0.4, 0.5) is 0 Å². The van der Waals surface area contributed by atoms with Crippen LogP contribution in [0.1, 0.15) is 13.8 Å². The summed E-state index contributed by atoms with van der Waals surface area (Å²) in [6.45, 7) is 2.14. The van der Waals surface area contributed by atoms with E-state index in [4.69, 9.17) is 0 Å². The van der Waals surface area contributed by atoms with E-state index in [0.29, 0.717) is 0 Å².